The molecule has 1 fully saturated rings. The Labute approximate surface area is 165 Å². The Morgan fingerprint density at radius 3 is 2.68 bits per heavy atom. The second-order valence-electron chi connectivity index (χ2n) is 5.89. The van der Waals surface area contributed by atoms with Crippen LogP contribution in [0.5, 0.6) is 11.5 Å². The summed E-state index contributed by atoms with van der Waals surface area (Å²) in [4.78, 5) is 38.0. The van der Waals surface area contributed by atoms with Crippen LogP contribution in [0.15, 0.2) is 47.4 Å². The van der Waals surface area contributed by atoms with E-state index in [9.17, 15) is 19.5 Å². The Morgan fingerprint density at radius 1 is 1.18 bits per heavy atom. The van der Waals surface area contributed by atoms with Crippen molar-refractivity contribution in [2.24, 2.45) is 0 Å². The van der Waals surface area contributed by atoms with Gasteiger partial charge in [0.1, 0.15) is 0 Å². The van der Waals surface area contributed by atoms with Crippen LogP contribution in [0.25, 0.3) is 6.08 Å². The van der Waals surface area contributed by atoms with Crippen molar-refractivity contribution in [2.45, 2.75) is 6.54 Å². The Kier molecular flexibility index (Phi) is 5.70. The number of carbonyl (C=O) groups is 3. The summed E-state index contributed by atoms with van der Waals surface area (Å²) in [6, 6.07) is 11.2. The van der Waals surface area contributed by atoms with E-state index >= 15 is 0 Å². The van der Waals surface area contributed by atoms with E-state index in [1.54, 1.807) is 42.5 Å². The predicted molar refractivity (Wildman–Crippen MR) is 104 cm³/mol. The molecule has 2 aromatic rings. The van der Waals surface area contributed by atoms with Gasteiger partial charge >= 0.3 is 5.97 Å². The molecule has 144 valence electrons. The number of rotatable bonds is 5. The molecule has 8 heteroatoms. The number of methoxy groups -OCH3 is 2. The van der Waals surface area contributed by atoms with E-state index in [2.05, 4.69) is 4.74 Å². The lowest BCUT2D eigenvalue weighted by Gasteiger charge is -2.13. The molecule has 1 aliphatic heterocycles. The summed E-state index contributed by atoms with van der Waals surface area (Å²) < 4.78 is 9.74. The first-order chi connectivity index (χ1) is 13.4. The molecule has 1 N–H and O–H groups in total. The van der Waals surface area contributed by atoms with Crippen LogP contribution in [0.1, 0.15) is 21.5 Å². The van der Waals surface area contributed by atoms with Gasteiger partial charge in [-0.05, 0) is 53.2 Å². The van der Waals surface area contributed by atoms with Crippen molar-refractivity contribution in [3.05, 3.63) is 64.1 Å². The van der Waals surface area contributed by atoms with Gasteiger partial charge in [0.05, 0.1) is 31.2 Å². The fourth-order valence-electron chi connectivity index (χ4n) is 2.67. The Hall–Kier alpha value is -3.26. The second kappa shape index (κ2) is 8.18. The van der Waals surface area contributed by atoms with Crippen LogP contribution in [-0.4, -0.2) is 41.3 Å². The maximum Gasteiger partial charge on any atom is 0.337 e. The summed E-state index contributed by atoms with van der Waals surface area (Å²) >= 11 is 0.832. The Bertz CT molecular complexity index is 984. The standard InChI is InChI=1S/C20H17NO6S/c1-26-16-9-12(6-7-15(16)22)10-17-18(23)21(20(25)28-17)11-13-4-3-5-14(8-13)19(24)27-2/h3-10,22H,11H2,1-2H3/b17-10-. The van der Waals surface area contributed by atoms with Crippen LogP contribution < -0.4 is 4.74 Å². The van der Waals surface area contributed by atoms with Gasteiger partial charge in [-0.15, -0.1) is 0 Å². The van der Waals surface area contributed by atoms with E-state index in [1.807, 2.05) is 0 Å². The first-order valence-corrected chi connectivity index (χ1v) is 9.04. The molecule has 7 nitrogen and oxygen atoms in total. The van der Waals surface area contributed by atoms with Gasteiger partial charge in [0.2, 0.25) is 0 Å². The van der Waals surface area contributed by atoms with Crippen molar-refractivity contribution in [3.63, 3.8) is 0 Å². The fourth-order valence-corrected chi connectivity index (χ4v) is 3.51. The van der Waals surface area contributed by atoms with Crippen LogP contribution >= 0.6 is 11.8 Å². The third-order valence-corrected chi connectivity index (χ3v) is 4.97. The molecule has 0 radical (unpaired) electrons. The zero-order chi connectivity index (χ0) is 20.3. The average Bonchev–Trinajstić information content (AvgIpc) is 2.96. The maximum atomic E-state index is 12.7. The van der Waals surface area contributed by atoms with Crippen molar-refractivity contribution in [3.8, 4) is 11.5 Å². The Morgan fingerprint density at radius 2 is 1.96 bits per heavy atom. The van der Waals surface area contributed by atoms with E-state index in [0.717, 1.165) is 16.7 Å². The number of hydrogen-bond acceptors (Lipinski definition) is 7. The number of aromatic hydroxyl groups is 1. The summed E-state index contributed by atoms with van der Waals surface area (Å²) in [6.45, 7) is 0.0474. The van der Waals surface area contributed by atoms with Gasteiger partial charge < -0.3 is 14.6 Å². The summed E-state index contributed by atoms with van der Waals surface area (Å²) in [5, 5.41) is 9.26. The first-order valence-electron chi connectivity index (χ1n) is 8.22. The number of hydrogen-bond donors (Lipinski definition) is 1. The molecule has 0 aliphatic carbocycles. The topological polar surface area (TPSA) is 93.1 Å². The monoisotopic (exact) mass is 399 g/mol. The van der Waals surface area contributed by atoms with Crippen molar-refractivity contribution >= 4 is 35.0 Å². The van der Waals surface area contributed by atoms with Crippen molar-refractivity contribution in [1.29, 1.82) is 0 Å². The molecule has 1 saturated heterocycles. The number of carbonyl (C=O) groups excluding carboxylic acids is 3. The van der Waals surface area contributed by atoms with Gasteiger partial charge in [-0.3, -0.25) is 14.5 Å². The van der Waals surface area contributed by atoms with Crippen LogP contribution in [0, 0.1) is 0 Å². The molecule has 2 aromatic carbocycles. The fraction of sp³-hybridized carbons (Fsp3) is 0.150. The highest BCUT2D eigenvalue weighted by Gasteiger charge is 2.35. The zero-order valence-corrected chi connectivity index (χ0v) is 16.0. The van der Waals surface area contributed by atoms with Gasteiger partial charge in [-0.1, -0.05) is 18.2 Å². The number of ether oxygens (including phenoxy) is 2. The lowest BCUT2D eigenvalue weighted by atomic mass is 10.1. The largest absolute Gasteiger partial charge is 0.504 e. The molecule has 28 heavy (non-hydrogen) atoms. The third-order valence-electron chi connectivity index (χ3n) is 4.06. The highest BCUT2D eigenvalue weighted by atomic mass is 32.2. The number of nitrogens with zero attached hydrogens (tertiary/aromatic N) is 1. The molecule has 0 spiro atoms. The number of imide groups is 1. The quantitative estimate of drug-likeness (QED) is 0.608. The number of benzene rings is 2. The van der Waals surface area contributed by atoms with E-state index in [1.165, 1.54) is 20.3 Å². The van der Waals surface area contributed by atoms with Gasteiger partial charge in [-0.2, -0.15) is 0 Å². The lowest BCUT2D eigenvalue weighted by Crippen LogP contribution is -2.27. The highest BCUT2D eigenvalue weighted by Crippen LogP contribution is 2.35. The molecule has 1 aliphatic rings. The minimum atomic E-state index is -0.489. The summed E-state index contributed by atoms with van der Waals surface area (Å²) in [5.41, 5.74) is 1.60. The molecule has 0 bridgehead atoms. The van der Waals surface area contributed by atoms with Gasteiger partial charge in [-0.25, -0.2) is 4.79 Å². The molecular weight excluding hydrogens is 382 g/mol. The molecule has 3 rings (SSSR count). The van der Waals surface area contributed by atoms with Crippen LogP contribution in [0.2, 0.25) is 0 Å². The first kappa shape index (κ1) is 19.5. The van der Waals surface area contributed by atoms with Gasteiger partial charge in [0.25, 0.3) is 11.1 Å². The predicted octanol–water partition coefficient (Wildman–Crippen LogP) is 3.42. The summed E-state index contributed by atoms with van der Waals surface area (Å²) in [7, 11) is 2.71. The van der Waals surface area contributed by atoms with E-state index in [4.69, 9.17) is 4.74 Å². The normalized spacial score (nSPS) is 15.2. The molecule has 0 unspecified atom stereocenters. The highest BCUT2D eigenvalue weighted by molar-refractivity contribution is 8.18. The molecule has 2 amide bonds. The lowest BCUT2D eigenvalue weighted by molar-refractivity contribution is -0.123. The van der Waals surface area contributed by atoms with E-state index in [-0.39, 0.29) is 22.9 Å². The van der Waals surface area contributed by atoms with E-state index < -0.39 is 17.1 Å². The minimum absolute atomic E-state index is 0.0155. The molecule has 0 aromatic heterocycles. The van der Waals surface area contributed by atoms with Gasteiger partial charge in [0.15, 0.2) is 11.5 Å². The SMILES string of the molecule is COC(=O)c1cccc(CN2C(=O)S/C(=C\c3ccc(O)c(OC)c3)C2=O)c1. The van der Waals surface area contributed by atoms with Crippen molar-refractivity contribution in [2.75, 3.05) is 14.2 Å². The number of phenols is 1. The average molecular weight is 399 g/mol. The number of thioether (sulfide) groups is 1. The Balaban J connectivity index is 1.81. The molecular formula is C20H17NO6S. The number of phenolic OH excluding ortho intramolecular Hbond substituents is 1. The minimum Gasteiger partial charge on any atom is -0.504 e. The second-order valence-corrected chi connectivity index (χ2v) is 6.88. The van der Waals surface area contributed by atoms with Crippen molar-refractivity contribution in [1.82, 2.24) is 4.90 Å². The zero-order valence-electron chi connectivity index (χ0n) is 15.2. The van der Waals surface area contributed by atoms with Crippen LogP contribution in [-0.2, 0) is 16.1 Å². The molecule has 0 atom stereocenters. The number of esters is 1. The van der Waals surface area contributed by atoms with Crippen LogP contribution in [0.3, 0.4) is 0 Å². The van der Waals surface area contributed by atoms with E-state index in [0.29, 0.717) is 16.7 Å². The number of amides is 2. The molecule has 0 saturated carbocycles. The summed E-state index contributed by atoms with van der Waals surface area (Å²) in [5.74, 6) is -0.659. The summed E-state index contributed by atoms with van der Waals surface area (Å²) in [6.07, 6.45) is 1.57. The van der Waals surface area contributed by atoms with Crippen LogP contribution in [0.4, 0.5) is 4.79 Å². The van der Waals surface area contributed by atoms with Gasteiger partial charge in [0, 0.05) is 0 Å². The smallest absolute Gasteiger partial charge is 0.337 e. The van der Waals surface area contributed by atoms with Crippen molar-refractivity contribution < 1.29 is 29.0 Å². The third kappa shape index (κ3) is 4.01. The molecule has 1 heterocycles. The maximum absolute atomic E-state index is 12.7.